The van der Waals surface area contributed by atoms with Crippen molar-refractivity contribution < 1.29 is 33.2 Å². The van der Waals surface area contributed by atoms with Crippen LogP contribution in [0.2, 0.25) is 10.0 Å². The van der Waals surface area contributed by atoms with Gasteiger partial charge in [-0.25, -0.2) is 4.39 Å². The van der Waals surface area contributed by atoms with Gasteiger partial charge in [-0.3, -0.25) is 34.1 Å². The monoisotopic (exact) mass is 853 g/mol. The lowest BCUT2D eigenvalue weighted by Crippen LogP contribution is -2.52. The molecule has 1 spiro atoms. The first kappa shape index (κ1) is 41.6. The highest BCUT2D eigenvalue weighted by Crippen LogP contribution is 2.57. The minimum absolute atomic E-state index is 0.00645. The molecule has 0 radical (unpaired) electrons. The SMILES string of the molecule is CC(C)(C)C[C@@H]1N[C@@H](C(=O)N[C@H]2CC[C@H](C(=O)CC#Cc3cccc4c3CN(C3CCC(=O)NC3=O)C4=O)CC2)[C@H](c2cccc(Cl)c2F)[C@]12C(=O)Nc1cc(Cl)ccc12. The number of carbonyl (C=O) groups excluding carboxylic acids is 6. The van der Waals surface area contributed by atoms with Crippen molar-refractivity contribution >= 4 is 64.2 Å². The quantitative estimate of drug-likeness (QED) is 0.160. The van der Waals surface area contributed by atoms with Crippen LogP contribution < -0.4 is 21.3 Å². The number of carbonyl (C=O) groups is 6. The summed E-state index contributed by atoms with van der Waals surface area (Å²) in [6, 6.07) is 12.5. The number of benzene rings is 3. The largest absolute Gasteiger partial charge is 0.352 e. The maximum Gasteiger partial charge on any atom is 0.255 e. The van der Waals surface area contributed by atoms with Gasteiger partial charge in [0.05, 0.1) is 17.5 Å². The summed E-state index contributed by atoms with van der Waals surface area (Å²) < 4.78 is 16.2. The van der Waals surface area contributed by atoms with Crippen molar-refractivity contribution in [1.29, 1.82) is 0 Å². The molecule has 3 aromatic carbocycles. The van der Waals surface area contributed by atoms with Crippen molar-refractivity contribution in [3.8, 4) is 11.8 Å². The van der Waals surface area contributed by atoms with Crippen molar-refractivity contribution in [2.24, 2.45) is 11.3 Å². The van der Waals surface area contributed by atoms with Crippen molar-refractivity contribution in [3.63, 3.8) is 0 Å². The first-order chi connectivity index (χ1) is 28.6. The number of anilines is 1. The fourth-order valence-corrected chi connectivity index (χ4v) is 10.4. The number of nitrogens with zero attached hydrogens (tertiary/aromatic N) is 1. The zero-order valence-corrected chi connectivity index (χ0v) is 35.1. The summed E-state index contributed by atoms with van der Waals surface area (Å²) >= 11 is 12.7. The highest BCUT2D eigenvalue weighted by molar-refractivity contribution is 6.31. The summed E-state index contributed by atoms with van der Waals surface area (Å²) in [5, 5.41) is 12.3. The number of piperidine rings is 1. The lowest BCUT2D eigenvalue weighted by Gasteiger charge is -2.38. The summed E-state index contributed by atoms with van der Waals surface area (Å²) in [5.74, 6) is 2.35. The molecule has 4 aliphatic heterocycles. The molecule has 3 fully saturated rings. The van der Waals surface area contributed by atoms with E-state index in [-0.39, 0.29) is 83.2 Å². The molecule has 14 heteroatoms. The van der Waals surface area contributed by atoms with E-state index >= 15 is 4.39 Å². The number of Topliss-reactive ketones (excluding diaryl/α,β-unsaturated/α-hetero) is 1. The van der Waals surface area contributed by atoms with Gasteiger partial charge in [-0.1, -0.05) is 80.1 Å². The van der Waals surface area contributed by atoms with Crippen LogP contribution in [0.3, 0.4) is 0 Å². The Morgan fingerprint density at radius 2 is 1.72 bits per heavy atom. The Labute approximate surface area is 357 Å². The number of amides is 5. The van der Waals surface area contributed by atoms with Gasteiger partial charge in [-0.15, -0.1) is 0 Å². The third-order valence-electron chi connectivity index (χ3n) is 12.8. The van der Waals surface area contributed by atoms with Crippen LogP contribution in [0.15, 0.2) is 54.6 Å². The number of nitrogens with one attached hydrogen (secondary N) is 4. The smallest absolute Gasteiger partial charge is 0.255 e. The summed E-state index contributed by atoms with van der Waals surface area (Å²) in [6.45, 7) is 6.36. The van der Waals surface area contributed by atoms with Gasteiger partial charge in [0.2, 0.25) is 23.6 Å². The summed E-state index contributed by atoms with van der Waals surface area (Å²) in [5.41, 5.74) is 1.44. The summed E-state index contributed by atoms with van der Waals surface area (Å²) in [7, 11) is 0. The molecule has 5 atom stereocenters. The van der Waals surface area contributed by atoms with Crippen molar-refractivity contribution in [2.45, 2.75) is 114 Å². The standard InChI is InChI=1S/C46H46Cl2FN5O6/c1-45(2,3)22-36-46(31-18-15-26(47)21-33(31)51-44(46)60)38(29-10-6-11-32(48)39(29)49)40(52-36)42(58)50-27-16-13-25(14-17-27)35(55)12-5-8-24-7-4-9-28-30(24)23-54(43(28)59)34-19-20-37(56)53-41(34)57/h4,6-7,9-11,15,18,21,25,27,34,36,38,40,52H,12-14,16-17,19-20,22-23H2,1-3H3,(H,50,58)(H,51,60)(H,53,56,57)/t25-,27-,34?,36-,38-,40+,46+/m0/s1. The molecular formula is C46H46Cl2FN5O6. The topological polar surface area (TPSA) is 154 Å². The molecule has 312 valence electrons. The van der Waals surface area contributed by atoms with E-state index in [1.165, 1.54) is 11.0 Å². The van der Waals surface area contributed by atoms with E-state index in [2.05, 4.69) is 53.9 Å². The van der Waals surface area contributed by atoms with Crippen LogP contribution in [0.25, 0.3) is 0 Å². The van der Waals surface area contributed by atoms with E-state index in [1.807, 2.05) is 0 Å². The van der Waals surface area contributed by atoms with Gasteiger partial charge in [0, 0.05) is 58.7 Å². The second kappa shape index (κ2) is 16.1. The van der Waals surface area contributed by atoms with E-state index in [9.17, 15) is 28.8 Å². The number of imide groups is 1. The first-order valence-electron chi connectivity index (χ1n) is 20.5. The fraction of sp³-hybridized carbons (Fsp3) is 0.435. The molecule has 1 aliphatic carbocycles. The van der Waals surface area contributed by atoms with E-state index in [0.717, 1.165) is 0 Å². The molecule has 0 bridgehead atoms. The van der Waals surface area contributed by atoms with Crippen LogP contribution in [0.5, 0.6) is 0 Å². The van der Waals surface area contributed by atoms with Gasteiger partial charge in [0.25, 0.3) is 5.91 Å². The zero-order chi connectivity index (χ0) is 42.7. The minimum Gasteiger partial charge on any atom is -0.352 e. The summed E-state index contributed by atoms with van der Waals surface area (Å²) in [4.78, 5) is 81.2. The van der Waals surface area contributed by atoms with E-state index in [0.29, 0.717) is 65.1 Å². The molecule has 5 amide bonds. The van der Waals surface area contributed by atoms with Crippen LogP contribution in [-0.2, 0) is 35.9 Å². The van der Waals surface area contributed by atoms with Crippen LogP contribution in [-0.4, -0.2) is 64.4 Å². The Hall–Kier alpha value is -5.09. The Morgan fingerprint density at radius 3 is 2.45 bits per heavy atom. The number of ketones is 1. The van der Waals surface area contributed by atoms with Crippen LogP contribution in [0, 0.1) is 29.0 Å². The molecular weight excluding hydrogens is 808 g/mol. The molecule has 4 heterocycles. The van der Waals surface area contributed by atoms with Gasteiger partial charge < -0.3 is 20.9 Å². The van der Waals surface area contributed by atoms with Gasteiger partial charge in [-0.2, -0.15) is 0 Å². The maximum absolute atomic E-state index is 16.2. The normalized spacial score (nSPS) is 27.2. The molecule has 1 unspecified atom stereocenters. The molecule has 11 nitrogen and oxygen atoms in total. The van der Waals surface area contributed by atoms with E-state index in [4.69, 9.17) is 23.2 Å². The van der Waals surface area contributed by atoms with Gasteiger partial charge >= 0.3 is 0 Å². The number of rotatable bonds is 7. The van der Waals surface area contributed by atoms with Crippen LogP contribution in [0.1, 0.15) is 111 Å². The van der Waals surface area contributed by atoms with E-state index in [1.54, 1.807) is 48.5 Å². The lowest BCUT2D eigenvalue weighted by molar-refractivity contribution is -0.137. The highest BCUT2D eigenvalue weighted by Gasteiger charge is 2.66. The third-order valence-corrected chi connectivity index (χ3v) is 13.3. The van der Waals surface area contributed by atoms with Gasteiger partial charge in [-0.05, 0) is 91.0 Å². The lowest BCUT2D eigenvalue weighted by atomic mass is 9.62. The number of hydrogen-bond donors (Lipinski definition) is 4. The Morgan fingerprint density at radius 1 is 0.967 bits per heavy atom. The van der Waals surface area contributed by atoms with Crippen LogP contribution in [0.4, 0.5) is 10.1 Å². The Kier molecular flexibility index (Phi) is 11.2. The van der Waals surface area contributed by atoms with Crippen molar-refractivity contribution in [1.82, 2.24) is 20.9 Å². The predicted molar refractivity (Wildman–Crippen MR) is 224 cm³/mol. The van der Waals surface area contributed by atoms with Crippen molar-refractivity contribution in [2.75, 3.05) is 5.32 Å². The second-order valence-corrected chi connectivity index (χ2v) is 18.7. The number of hydrogen-bond acceptors (Lipinski definition) is 7. The van der Waals surface area contributed by atoms with Crippen molar-refractivity contribution in [3.05, 3.63) is 98.3 Å². The molecule has 1 saturated carbocycles. The van der Waals surface area contributed by atoms with E-state index < -0.39 is 41.2 Å². The molecule has 3 aromatic rings. The zero-order valence-electron chi connectivity index (χ0n) is 33.6. The number of fused-ring (bicyclic) bond motifs is 3. The molecule has 8 rings (SSSR count). The second-order valence-electron chi connectivity index (χ2n) is 17.8. The highest BCUT2D eigenvalue weighted by atomic mass is 35.5. The fourth-order valence-electron chi connectivity index (χ4n) is 10.1. The molecule has 5 aliphatic rings. The molecule has 2 saturated heterocycles. The minimum atomic E-state index is -1.37. The van der Waals surface area contributed by atoms with Crippen LogP contribution >= 0.6 is 23.2 Å². The van der Waals surface area contributed by atoms with Gasteiger partial charge in [0.15, 0.2) is 0 Å². The molecule has 0 aromatic heterocycles. The number of halogens is 3. The average molecular weight is 855 g/mol. The average Bonchev–Trinajstić information content (AvgIpc) is 3.81. The Bertz CT molecular complexity index is 2400. The summed E-state index contributed by atoms with van der Waals surface area (Å²) in [6.07, 6.45) is 3.09. The molecule has 4 N–H and O–H groups in total. The Balaban J connectivity index is 0.958. The first-order valence-corrected chi connectivity index (χ1v) is 21.2. The van der Waals surface area contributed by atoms with Gasteiger partial charge in [0.1, 0.15) is 23.1 Å². The molecule has 60 heavy (non-hydrogen) atoms. The third kappa shape index (κ3) is 7.50. The predicted octanol–water partition coefficient (Wildman–Crippen LogP) is 6.33. The maximum atomic E-state index is 16.2.